The first-order chi connectivity index (χ1) is 10.0. The molecule has 1 N–H and O–H groups in total. The average molecular weight is 284 g/mol. The Labute approximate surface area is 118 Å². The van der Waals surface area contributed by atoms with Crippen molar-refractivity contribution in [1.82, 2.24) is 0 Å². The molecule has 7 nitrogen and oxygen atoms in total. The number of rotatable bonds is 4. The summed E-state index contributed by atoms with van der Waals surface area (Å²) in [5, 5.41) is 28.7. The number of benzene rings is 2. The maximum Gasteiger partial charge on any atom is 0.342 e. The van der Waals surface area contributed by atoms with Gasteiger partial charge in [0.25, 0.3) is 0 Å². The first-order valence-corrected chi connectivity index (χ1v) is 5.71. The second kappa shape index (κ2) is 5.71. The number of ether oxygens (including phenoxy) is 1. The van der Waals surface area contributed by atoms with Crippen LogP contribution in [0.1, 0.15) is 15.9 Å². The molecule has 0 amide bonds. The van der Waals surface area contributed by atoms with Gasteiger partial charge in [0.1, 0.15) is 11.3 Å². The lowest BCUT2D eigenvalue weighted by Crippen LogP contribution is -2.04. The third kappa shape index (κ3) is 2.96. The predicted molar refractivity (Wildman–Crippen MR) is 71.3 cm³/mol. The van der Waals surface area contributed by atoms with Crippen LogP contribution in [0.3, 0.4) is 0 Å². The zero-order chi connectivity index (χ0) is 15.4. The highest BCUT2D eigenvalue weighted by molar-refractivity contribution is 5.93. The van der Waals surface area contributed by atoms with E-state index in [1.807, 2.05) is 6.07 Å². The van der Waals surface area contributed by atoms with Crippen LogP contribution in [0.2, 0.25) is 0 Å². The molecular weight excluding hydrogens is 276 g/mol. The van der Waals surface area contributed by atoms with Gasteiger partial charge < -0.3 is 9.84 Å². The van der Waals surface area contributed by atoms with Crippen LogP contribution in [0.5, 0.6) is 11.5 Å². The van der Waals surface area contributed by atoms with Crippen molar-refractivity contribution in [1.29, 1.82) is 5.26 Å². The number of carboxylic acids is 1. The number of carbonyl (C=O) groups is 1. The fourth-order valence-electron chi connectivity index (χ4n) is 1.69. The van der Waals surface area contributed by atoms with Gasteiger partial charge in [-0.1, -0.05) is 6.07 Å². The molecule has 0 aromatic heterocycles. The zero-order valence-electron chi connectivity index (χ0n) is 10.5. The standard InChI is InChI=1S/C14H8N2O5/c15-8-9-4-6-10(7-5-9)21-12-3-1-2-11(14(17)18)13(12)16(19)20/h1-7H,(H,17,18). The smallest absolute Gasteiger partial charge is 0.342 e. The number of nitrogens with zero attached hydrogens (tertiary/aromatic N) is 2. The lowest BCUT2D eigenvalue weighted by Gasteiger charge is -2.07. The molecule has 2 aromatic rings. The predicted octanol–water partition coefficient (Wildman–Crippen LogP) is 2.96. The Kier molecular flexibility index (Phi) is 3.81. The Morgan fingerprint density at radius 3 is 2.43 bits per heavy atom. The molecule has 2 rings (SSSR count). The maximum absolute atomic E-state index is 11.1. The van der Waals surface area contributed by atoms with Crippen LogP contribution >= 0.6 is 0 Å². The topological polar surface area (TPSA) is 113 Å². The minimum Gasteiger partial charge on any atom is -0.477 e. The quantitative estimate of drug-likeness (QED) is 0.682. The number of nitriles is 1. The zero-order valence-corrected chi connectivity index (χ0v) is 10.5. The van der Waals surface area contributed by atoms with Crippen LogP contribution < -0.4 is 4.74 Å². The molecule has 0 saturated heterocycles. The van der Waals surface area contributed by atoms with Gasteiger partial charge in [-0.15, -0.1) is 0 Å². The van der Waals surface area contributed by atoms with Gasteiger partial charge in [0.2, 0.25) is 5.75 Å². The molecule has 104 valence electrons. The molecule has 0 radical (unpaired) electrons. The molecule has 0 bridgehead atoms. The van der Waals surface area contributed by atoms with Crippen molar-refractivity contribution in [3.05, 3.63) is 63.7 Å². The summed E-state index contributed by atoms with van der Waals surface area (Å²) >= 11 is 0. The van der Waals surface area contributed by atoms with Crippen molar-refractivity contribution >= 4 is 11.7 Å². The van der Waals surface area contributed by atoms with Crippen LogP contribution in [0.15, 0.2) is 42.5 Å². The van der Waals surface area contributed by atoms with E-state index >= 15 is 0 Å². The summed E-state index contributed by atoms with van der Waals surface area (Å²) in [5.74, 6) is -1.32. The minimum absolute atomic E-state index is 0.176. The fraction of sp³-hybridized carbons (Fsp3) is 0. The maximum atomic E-state index is 11.1. The number of para-hydroxylation sites is 1. The third-order valence-electron chi connectivity index (χ3n) is 2.62. The third-order valence-corrected chi connectivity index (χ3v) is 2.62. The van der Waals surface area contributed by atoms with Crippen LogP contribution in [-0.4, -0.2) is 16.0 Å². The Morgan fingerprint density at radius 2 is 1.90 bits per heavy atom. The van der Waals surface area contributed by atoms with E-state index in [0.29, 0.717) is 5.56 Å². The second-order valence-corrected chi connectivity index (χ2v) is 3.95. The number of nitro benzene ring substituents is 1. The number of nitro groups is 1. The summed E-state index contributed by atoms with van der Waals surface area (Å²) in [4.78, 5) is 21.3. The van der Waals surface area contributed by atoms with Gasteiger partial charge >= 0.3 is 11.7 Å². The Morgan fingerprint density at radius 1 is 1.24 bits per heavy atom. The van der Waals surface area contributed by atoms with E-state index in [1.165, 1.54) is 36.4 Å². The minimum atomic E-state index is -1.41. The highest BCUT2D eigenvalue weighted by Crippen LogP contribution is 2.34. The van der Waals surface area contributed by atoms with Crippen LogP contribution in [0.4, 0.5) is 5.69 Å². The molecule has 0 aliphatic rings. The van der Waals surface area contributed by atoms with Crippen molar-refractivity contribution in [2.75, 3.05) is 0 Å². The molecule has 0 heterocycles. The molecule has 0 aliphatic carbocycles. The van der Waals surface area contributed by atoms with Crippen LogP contribution in [0.25, 0.3) is 0 Å². The summed E-state index contributed by atoms with van der Waals surface area (Å²) in [7, 11) is 0. The summed E-state index contributed by atoms with van der Waals surface area (Å²) in [6.07, 6.45) is 0. The Bertz CT molecular complexity index is 747. The number of hydrogen-bond donors (Lipinski definition) is 1. The van der Waals surface area contributed by atoms with E-state index in [-0.39, 0.29) is 11.5 Å². The normalized spacial score (nSPS) is 9.67. The second-order valence-electron chi connectivity index (χ2n) is 3.95. The first kappa shape index (κ1) is 14.0. The van der Waals surface area contributed by atoms with Gasteiger partial charge in [0.05, 0.1) is 16.6 Å². The largest absolute Gasteiger partial charge is 0.477 e. The van der Waals surface area contributed by atoms with Crippen molar-refractivity contribution in [2.45, 2.75) is 0 Å². The monoisotopic (exact) mass is 284 g/mol. The lowest BCUT2D eigenvalue weighted by atomic mass is 10.1. The van der Waals surface area contributed by atoms with Gasteiger partial charge in [-0.05, 0) is 36.4 Å². The summed E-state index contributed by atoms with van der Waals surface area (Å²) in [5.41, 5.74) is -0.656. The van der Waals surface area contributed by atoms with Crippen molar-refractivity contribution < 1.29 is 19.6 Å². The molecule has 0 spiro atoms. The van der Waals surface area contributed by atoms with Gasteiger partial charge in [-0.3, -0.25) is 10.1 Å². The molecule has 0 atom stereocenters. The van der Waals surface area contributed by atoms with E-state index in [0.717, 1.165) is 6.07 Å². The number of carboxylic acid groups (broad SMARTS) is 1. The molecule has 0 fully saturated rings. The molecule has 21 heavy (non-hydrogen) atoms. The van der Waals surface area contributed by atoms with E-state index in [2.05, 4.69) is 0 Å². The summed E-state index contributed by atoms with van der Waals surface area (Å²) < 4.78 is 5.35. The fourth-order valence-corrected chi connectivity index (χ4v) is 1.69. The summed E-state index contributed by atoms with van der Waals surface area (Å²) in [6.45, 7) is 0. The molecular formula is C14H8N2O5. The highest BCUT2D eigenvalue weighted by atomic mass is 16.6. The number of aromatic carboxylic acids is 1. The summed E-state index contributed by atoms with van der Waals surface area (Å²) in [6, 6.07) is 11.6. The average Bonchev–Trinajstić information content (AvgIpc) is 2.47. The molecule has 0 aliphatic heterocycles. The molecule has 2 aromatic carbocycles. The Hall–Kier alpha value is -3.40. The molecule has 0 unspecified atom stereocenters. The van der Waals surface area contributed by atoms with Crippen molar-refractivity contribution in [3.63, 3.8) is 0 Å². The van der Waals surface area contributed by atoms with E-state index < -0.39 is 22.1 Å². The van der Waals surface area contributed by atoms with E-state index in [1.54, 1.807) is 0 Å². The van der Waals surface area contributed by atoms with Crippen molar-refractivity contribution in [3.8, 4) is 17.6 Å². The van der Waals surface area contributed by atoms with Crippen molar-refractivity contribution in [2.24, 2.45) is 0 Å². The van der Waals surface area contributed by atoms with Crippen LogP contribution in [-0.2, 0) is 0 Å². The van der Waals surface area contributed by atoms with Crippen LogP contribution in [0, 0.1) is 21.4 Å². The van der Waals surface area contributed by atoms with Gasteiger partial charge in [-0.25, -0.2) is 4.79 Å². The first-order valence-electron chi connectivity index (χ1n) is 5.71. The Balaban J connectivity index is 2.44. The van der Waals surface area contributed by atoms with Gasteiger partial charge in [0.15, 0.2) is 0 Å². The van der Waals surface area contributed by atoms with Gasteiger partial charge in [-0.2, -0.15) is 5.26 Å². The molecule has 7 heteroatoms. The SMILES string of the molecule is N#Cc1ccc(Oc2cccc(C(=O)O)c2[N+](=O)[O-])cc1. The molecule has 0 saturated carbocycles. The van der Waals surface area contributed by atoms with Gasteiger partial charge in [0, 0.05) is 0 Å². The highest BCUT2D eigenvalue weighted by Gasteiger charge is 2.25. The van der Waals surface area contributed by atoms with E-state index in [9.17, 15) is 14.9 Å². The number of hydrogen-bond acceptors (Lipinski definition) is 5. The lowest BCUT2D eigenvalue weighted by molar-refractivity contribution is -0.386. The van der Waals surface area contributed by atoms with E-state index in [4.69, 9.17) is 15.1 Å².